The smallest absolute Gasteiger partial charge is 0.274 e. The number of aryl methyl sites for hydroxylation is 1. The summed E-state index contributed by atoms with van der Waals surface area (Å²) in [6, 6.07) is 24.4. The molecule has 1 fully saturated rings. The first-order valence-corrected chi connectivity index (χ1v) is 17.7. The summed E-state index contributed by atoms with van der Waals surface area (Å²) in [4.78, 5) is 45.6. The number of carbonyl (C=O) groups excluding carboxylic acids is 3. The molecule has 3 aromatic carbocycles. The van der Waals surface area contributed by atoms with Gasteiger partial charge in [-0.1, -0.05) is 81.3 Å². The van der Waals surface area contributed by atoms with Crippen LogP contribution < -0.4 is 5.32 Å². The number of carbonyl (C=O) groups is 3. The van der Waals surface area contributed by atoms with Gasteiger partial charge in [0.25, 0.3) is 11.8 Å². The Labute approximate surface area is 288 Å². The summed E-state index contributed by atoms with van der Waals surface area (Å²) in [6.45, 7) is 7.60. The Morgan fingerprint density at radius 2 is 1.59 bits per heavy atom. The van der Waals surface area contributed by atoms with E-state index in [2.05, 4.69) is 19.2 Å². The Morgan fingerprint density at radius 3 is 2.24 bits per heavy atom. The van der Waals surface area contributed by atoms with Crippen LogP contribution in [0.2, 0.25) is 0 Å². The normalized spacial score (nSPS) is 16.2. The summed E-state index contributed by atoms with van der Waals surface area (Å²) in [6.07, 6.45) is 5.85. The van der Waals surface area contributed by atoms with Gasteiger partial charge < -0.3 is 20.2 Å². The topological polar surface area (TPSA) is 108 Å². The van der Waals surface area contributed by atoms with Crippen molar-refractivity contribution in [2.45, 2.75) is 83.7 Å². The van der Waals surface area contributed by atoms with Gasteiger partial charge in [0.05, 0.1) is 29.3 Å². The fourth-order valence-electron chi connectivity index (χ4n) is 6.89. The number of nitrogens with zero attached hydrogens (tertiary/aromatic N) is 4. The lowest BCUT2D eigenvalue weighted by molar-refractivity contribution is -0.118. The third kappa shape index (κ3) is 7.04. The molecule has 9 nitrogen and oxygen atoms in total. The minimum atomic E-state index is -0.585. The van der Waals surface area contributed by atoms with Gasteiger partial charge >= 0.3 is 0 Å². The van der Waals surface area contributed by atoms with Crippen molar-refractivity contribution in [3.8, 4) is 5.69 Å². The van der Waals surface area contributed by atoms with Gasteiger partial charge in [-0.25, -0.2) is 4.68 Å². The van der Waals surface area contributed by atoms with Crippen molar-refractivity contribution in [2.75, 3.05) is 25.0 Å². The zero-order valence-corrected chi connectivity index (χ0v) is 28.8. The number of unbranched alkanes of at least 4 members (excludes halogenated alkanes) is 2. The molecule has 256 valence electrons. The predicted molar refractivity (Wildman–Crippen MR) is 191 cm³/mol. The first kappa shape index (κ1) is 34.1. The Morgan fingerprint density at radius 1 is 0.918 bits per heavy atom. The van der Waals surface area contributed by atoms with Crippen LogP contribution in [0.1, 0.15) is 95.6 Å². The van der Waals surface area contributed by atoms with Gasteiger partial charge in [0.2, 0.25) is 5.91 Å². The molecule has 2 N–H and O–H groups in total. The van der Waals surface area contributed by atoms with E-state index >= 15 is 0 Å². The number of amides is 3. The standard InChI is InChI=1S/C40H47N5O4/c1-4-6-21-43(22-7-5-2)38(48)35-23-28(3)45(42-35)36-18-17-32(41-39(49)40(19-20-40)31-15-9-8-10-16-31)25-34(36)37(47)44-26-30-14-12-11-13-29(30)24-33(44)27-46/h8-18,23,25,33,46H,4-7,19-22,24,26-27H2,1-3H3,(H,41,49)/t33-/m0/s1. The zero-order valence-electron chi connectivity index (χ0n) is 28.8. The van der Waals surface area contributed by atoms with Crippen LogP contribution in [0.15, 0.2) is 78.9 Å². The van der Waals surface area contributed by atoms with Gasteiger partial charge in [-0.2, -0.15) is 5.10 Å². The number of benzene rings is 3. The Kier molecular flexibility index (Phi) is 10.3. The van der Waals surface area contributed by atoms with Gasteiger partial charge in [-0.3, -0.25) is 14.4 Å². The van der Waals surface area contributed by atoms with E-state index in [4.69, 9.17) is 5.10 Å². The van der Waals surface area contributed by atoms with Crippen molar-refractivity contribution in [1.29, 1.82) is 0 Å². The molecular formula is C40H47N5O4. The van der Waals surface area contributed by atoms with Crippen LogP contribution in [0.3, 0.4) is 0 Å². The molecule has 1 aliphatic carbocycles. The number of fused-ring (bicyclic) bond motifs is 1. The van der Waals surface area contributed by atoms with Crippen LogP contribution in [0.25, 0.3) is 5.69 Å². The lowest BCUT2D eigenvalue weighted by atomic mass is 9.93. The minimum Gasteiger partial charge on any atom is -0.394 e. The van der Waals surface area contributed by atoms with Crippen LogP contribution in [-0.2, 0) is 23.2 Å². The summed E-state index contributed by atoms with van der Waals surface area (Å²) >= 11 is 0. The molecule has 0 saturated heterocycles. The largest absolute Gasteiger partial charge is 0.394 e. The number of nitrogens with one attached hydrogen (secondary N) is 1. The van der Waals surface area contributed by atoms with E-state index in [1.807, 2.05) is 66.4 Å². The highest BCUT2D eigenvalue weighted by atomic mass is 16.3. The molecule has 3 amide bonds. The lowest BCUT2D eigenvalue weighted by Crippen LogP contribution is -2.46. The molecule has 1 aromatic heterocycles. The van der Waals surface area contributed by atoms with Crippen molar-refractivity contribution >= 4 is 23.4 Å². The summed E-state index contributed by atoms with van der Waals surface area (Å²) < 4.78 is 1.65. The fraction of sp³-hybridized carbons (Fsp3) is 0.400. The van der Waals surface area contributed by atoms with E-state index in [0.717, 1.165) is 55.2 Å². The molecule has 0 radical (unpaired) electrons. The predicted octanol–water partition coefficient (Wildman–Crippen LogP) is 6.45. The second kappa shape index (κ2) is 14.8. The second-order valence-electron chi connectivity index (χ2n) is 13.5. The Balaban J connectivity index is 1.37. The monoisotopic (exact) mass is 661 g/mol. The number of anilines is 1. The van der Waals surface area contributed by atoms with Crippen molar-refractivity contribution < 1.29 is 19.5 Å². The van der Waals surface area contributed by atoms with Gasteiger partial charge in [0.15, 0.2) is 5.69 Å². The molecule has 0 spiro atoms. The molecule has 1 atom stereocenters. The maximum atomic E-state index is 14.6. The Hall–Kier alpha value is -4.76. The molecule has 1 aliphatic heterocycles. The number of aliphatic hydroxyl groups is 1. The number of hydrogen-bond acceptors (Lipinski definition) is 5. The van der Waals surface area contributed by atoms with Crippen LogP contribution in [0.5, 0.6) is 0 Å². The third-order valence-corrected chi connectivity index (χ3v) is 10.0. The lowest BCUT2D eigenvalue weighted by Gasteiger charge is -2.36. The molecular weight excluding hydrogens is 614 g/mol. The van der Waals surface area contributed by atoms with Crippen LogP contribution in [0.4, 0.5) is 5.69 Å². The first-order chi connectivity index (χ1) is 23.8. The first-order valence-electron chi connectivity index (χ1n) is 17.7. The molecule has 0 unspecified atom stereocenters. The molecule has 2 heterocycles. The van der Waals surface area contributed by atoms with Gasteiger partial charge in [-0.15, -0.1) is 0 Å². The highest BCUT2D eigenvalue weighted by Gasteiger charge is 2.51. The van der Waals surface area contributed by atoms with Crippen LogP contribution in [-0.4, -0.2) is 68.1 Å². The summed E-state index contributed by atoms with van der Waals surface area (Å²) in [5.41, 5.74) is 4.93. The summed E-state index contributed by atoms with van der Waals surface area (Å²) in [5.74, 6) is -0.504. The minimum absolute atomic E-state index is 0.104. The van der Waals surface area contributed by atoms with E-state index in [0.29, 0.717) is 54.4 Å². The maximum Gasteiger partial charge on any atom is 0.274 e. The van der Waals surface area contributed by atoms with E-state index in [1.165, 1.54) is 0 Å². The molecule has 4 aromatic rings. The van der Waals surface area contributed by atoms with Gasteiger partial charge in [-0.05, 0) is 80.0 Å². The summed E-state index contributed by atoms with van der Waals surface area (Å²) in [7, 11) is 0. The third-order valence-electron chi connectivity index (χ3n) is 10.0. The number of rotatable bonds is 13. The van der Waals surface area contributed by atoms with Gasteiger partial charge in [0.1, 0.15) is 0 Å². The van der Waals surface area contributed by atoms with Crippen molar-refractivity contribution in [3.05, 3.63) is 113 Å². The van der Waals surface area contributed by atoms with Gasteiger partial charge in [0, 0.05) is 31.0 Å². The van der Waals surface area contributed by atoms with Crippen molar-refractivity contribution in [1.82, 2.24) is 19.6 Å². The van der Waals surface area contributed by atoms with E-state index in [1.54, 1.807) is 33.8 Å². The maximum absolute atomic E-state index is 14.6. The molecule has 1 saturated carbocycles. The van der Waals surface area contributed by atoms with E-state index < -0.39 is 11.5 Å². The quantitative estimate of drug-likeness (QED) is 0.171. The molecule has 6 rings (SSSR count). The average molecular weight is 662 g/mol. The average Bonchev–Trinajstić information content (AvgIpc) is 3.86. The molecule has 9 heteroatoms. The van der Waals surface area contributed by atoms with Crippen LogP contribution >= 0.6 is 0 Å². The Bertz CT molecular complexity index is 1800. The number of aromatic nitrogens is 2. The SMILES string of the molecule is CCCCN(CCCC)C(=O)c1cc(C)n(-c2ccc(NC(=O)C3(c4ccccc4)CC3)cc2C(=O)N2Cc3ccccc3C[C@H]2CO)n1. The van der Waals surface area contributed by atoms with Crippen molar-refractivity contribution in [3.63, 3.8) is 0 Å². The van der Waals surface area contributed by atoms with Crippen molar-refractivity contribution in [2.24, 2.45) is 0 Å². The number of hydrogen-bond donors (Lipinski definition) is 2. The molecule has 49 heavy (non-hydrogen) atoms. The molecule has 2 aliphatic rings. The fourth-order valence-corrected chi connectivity index (χ4v) is 6.89. The molecule has 0 bridgehead atoms. The second-order valence-corrected chi connectivity index (χ2v) is 13.5. The van der Waals surface area contributed by atoms with Crippen LogP contribution in [0, 0.1) is 6.92 Å². The summed E-state index contributed by atoms with van der Waals surface area (Å²) in [5, 5.41) is 18.3. The van der Waals surface area contributed by atoms with E-state index in [-0.39, 0.29) is 24.3 Å². The number of aliphatic hydroxyl groups excluding tert-OH is 1. The van der Waals surface area contributed by atoms with E-state index in [9.17, 15) is 19.5 Å². The highest BCUT2D eigenvalue weighted by Crippen LogP contribution is 2.49. The highest BCUT2D eigenvalue weighted by molar-refractivity contribution is 6.04. The zero-order chi connectivity index (χ0) is 34.5.